The van der Waals surface area contributed by atoms with E-state index in [1.807, 2.05) is 41.5 Å². The Labute approximate surface area is 213 Å². The molecule has 2 heterocycles. The van der Waals surface area contributed by atoms with Gasteiger partial charge in [0.2, 0.25) is 0 Å². The van der Waals surface area contributed by atoms with Crippen LogP contribution in [-0.4, -0.2) is 63.6 Å². The molecule has 1 fully saturated rings. The van der Waals surface area contributed by atoms with Crippen LogP contribution in [-0.2, 0) is 0 Å². The minimum atomic E-state index is -0.787. The van der Waals surface area contributed by atoms with Crippen molar-refractivity contribution in [3.8, 4) is 11.8 Å². The minimum absolute atomic E-state index is 0.0809. The second-order valence-corrected chi connectivity index (χ2v) is 10.3. The molecule has 0 radical (unpaired) electrons. The van der Waals surface area contributed by atoms with Crippen LogP contribution in [0.4, 0.5) is 5.82 Å². The van der Waals surface area contributed by atoms with Gasteiger partial charge in [0.1, 0.15) is 23.3 Å². The van der Waals surface area contributed by atoms with Crippen LogP contribution in [0.5, 0.6) is 5.75 Å². The molecular formula is C27H39N5O4. The maximum absolute atomic E-state index is 13.1. The lowest BCUT2D eigenvalue weighted by atomic mass is 9.94. The van der Waals surface area contributed by atoms with Crippen molar-refractivity contribution >= 4 is 5.82 Å². The third-order valence-electron chi connectivity index (χ3n) is 7.05. The molecule has 2 atom stereocenters. The van der Waals surface area contributed by atoms with Gasteiger partial charge in [0.25, 0.3) is 5.56 Å². The van der Waals surface area contributed by atoms with E-state index in [1.165, 1.54) is 4.57 Å². The molecule has 1 aromatic heterocycles. The van der Waals surface area contributed by atoms with Gasteiger partial charge in [-0.05, 0) is 65.3 Å². The molecule has 2 aromatic rings. The lowest BCUT2D eigenvalue weighted by Gasteiger charge is -2.41. The fourth-order valence-electron chi connectivity index (χ4n) is 4.60. The molecule has 0 amide bonds. The molecule has 0 aliphatic carbocycles. The minimum Gasteiger partial charge on any atom is -0.485 e. The number of hydrogen-bond donors (Lipinski definition) is 1. The molecule has 2 unspecified atom stereocenters. The number of piperazine rings is 1. The van der Waals surface area contributed by atoms with Crippen LogP contribution in [0.25, 0.3) is 0 Å². The van der Waals surface area contributed by atoms with Gasteiger partial charge in [-0.1, -0.05) is 6.92 Å². The van der Waals surface area contributed by atoms with E-state index in [9.17, 15) is 14.7 Å². The second-order valence-electron chi connectivity index (χ2n) is 10.3. The first-order chi connectivity index (χ1) is 17.0. The Hall–Kier alpha value is -3.09. The molecule has 0 spiro atoms. The van der Waals surface area contributed by atoms with E-state index in [0.29, 0.717) is 56.3 Å². The summed E-state index contributed by atoms with van der Waals surface area (Å²) in [4.78, 5) is 30.1. The number of hydrogen-bond acceptors (Lipinski definition) is 7. The summed E-state index contributed by atoms with van der Waals surface area (Å²) in [5.41, 5.74) is -0.786. The highest BCUT2D eigenvalue weighted by Crippen LogP contribution is 2.26. The van der Waals surface area contributed by atoms with Crippen molar-refractivity contribution < 1.29 is 9.84 Å². The van der Waals surface area contributed by atoms with Crippen LogP contribution < -0.4 is 20.9 Å². The summed E-state index contributed by atoms with van der Waals surface area (Å²) < 4.78 is 9.17. The van der Waals surface area contributed by atoms with Crippen molar-refractivity contribution in [2.24, 2.45) is 0 Å². The average Bonchev–Trinajstić information content (AvgIpc) is 2.84. The third-order valence-corrected chi connectivity index (χ3v) is 7.05. The van der Waals surface area contributed by atoms with Gasteiger partial charge < -0.3 is 14.7 Å². The van der Waals surface area contributed by atoms with Crippen LogP contribution in [0.3, 0.4) is 0 Å². The van der Waals surface area contributed by atoms with Crippen molar-refractivity contribution in [3.05, 3.63) is 56.7 Å². The Balaban J connectivity index is 1.70. The van der Waals surface area contributed by atoms with Crippen LogP contribution in [0.2, 0.25) is 0 Å². The molecule has 196 valence electrons. The maximum Gasteiger partial charge on any atom is 0.333 e. The lowest BCUT2D eigenvalue weighted by Crippen LogP contribution is -2.55. The van der Waals surface area contributed by atoms with Gasteiger partial charge >= 0.3 is 5.69 Å². The number of β-amino-alcohol motifs (C(OH)–C–C–N with tert-alkyl or cyclic N) is 1. The number of nitriles is 1. The van der Waals surface area contributed by atoms with Gasteiger partial charge in [0, 0.05) is 50.9 Å². The summed E-state index contributed by atoms with van der Waals surface area (Å²) in [6.45, 7) is 14.6. The van der Waals surface area contributed by atoms with E-state index in [0.717, 1.165) is 0 Å². The van der Waals surface area contributed by atoms with Crippen LogP contribution in [0, 0.1) is 11.3 Å². The maximum atomic E-state index is 13.1. The molecular weight excluding hydrogens is 458 g/mol. The van der Waals surface area contributed by atoms with E-state index < -0.39 is 11.7 Å². The van der Waals surface area contributed by atoms with Crippen molar-refractivity contribution in [2.75, 3.05) is 37.6 Å². The van der Waals surface area contributed by atoms with Crippen molar-refractivity contribution in [1.82, 2.24) is 14.0 Å². The average molecular weight is 498 g/mol. The zero-order valence-electron chi connectivity index (χ0n) is 22.3. The number of aromatic nitrogens is 2. The molecule has 0 saturated carbocycles. The van der Waals surface area contributed by atoms with E-state index in [1.54, 1.807) is 34.9 Å². The Morgan fingerprint density at radius 2 is 1.61 bits per heavy atom. The standard InChI is InChI=1S/C27H39N5O4/c1-7-27(6,36-22-10-8-21(17-28)9-11-22)23(33)18-29-12-14-30(15-13-29)24-16-25(34)32(20(4)5)26(35)31(24)19(2)3/h8-11,16,19-20,23,33H,7,12-15,18H2,1-6H3. The molecule has 1 aliphatic heterocycles. The first kappa shape index (κ1) is 27.5. The normalized spacial score (nSPS) is 17.2. The Morgan fingerprint density at radius 1 is 1.03 bits per heavy atom. The molecule has 36 heavy (non-hydrogen) atoms. The number of nitrogens with zero attached hydrogens (tertiary/aromatic N) is 5. The van der Waals surface area contributed by atoms with E-state index in [2.05, 4.69) is 15.9 Å². The van der Waals surface area contributed by atoms with E-state index in [4.69, 9.17) is 10.00 Å². The summed E-state index contributed by atoms with van der Waals surface area (Å²) >= 11 is 0. The first-order valence-electron chi connectivity index (χ1n) is 12.7. The number of anilines is 1. The van der Waals surface area contributed by atoms with Crippen molar-refractivity contribution in [2.45, 2.75) is 71.8 Å². The third kappa shape index (κ3) is 5.82. The zero-order valence-corrected chi connectivity index (χ0v) is 22.3. The molecule has 0 bridgehead atoms. The highest BCUT2D eigenvalue weighted by molar-refractivity contribution is 5.40. The van der Waals surface area contributed by atoms with E-state index in [-0.39, 0.29) is 23.3 Å². The number of ether oxygens (including phenoxy) is 1. The quantitative estimate of drug-likeness (QED) is 0.568. The SMILES string of the molecule is CCC(C)(Oc1ccc(C#N)cc1)C(O)CN1CCN(c2cc(=O)n(C(C)C)c(=O)n2C(C)C)CC1. The van der Waals surface area contributed by atoms with Gasteiger partial charge in [-0.3, -0.25) is 18.8 Å². The number of rotatable bonds is 9. The predicted molar refractivity (Wildman–Crippen MR) is 141 cm³/mol. The zero-order chi connectivity index (χ0) is 26.6. The highest BCUT2D eigenvalue weighted by Gasteiger charge is 2.36. The number of aliphatic hydroxyl groups excluding tert-OH is 1. The Bertz CT molecular complexity index is 1190. The van der Waals surface area contributed by atoms with Gasteiger partial charge in [0.15, 0.2) is 0 Å². The Kier molecular flexibility index (Phi) is 8.64. The van der Waals surface area contributed by atoms with Gasteiger partial charge in [-0.25, -0.2) is 4.79 Å². The molecule has 1 aromatic carbocycles. The first-order valence-corrected chi connectivity index (χ1v) is 12.7. The van der Waals surface area contributed by atoms with E-state index >= 15 is 0 Å². The van der Waals surface area contributed by atoms with Gasteiger partial charge in [-0.15, -0.1) is 0 Å². The molecule has 1 N–H and O–H groups in total. The fraction of sp³-hybridized carbons (Fsp3) is 0.593. The van der Waals surface area contributed by atoms with Gasteiger partial charge in [-0.2, -0.15) is 5.26 Å². The fourth-order valence-corrected chi connectivity index (χ4v) is 4.60. The largest absolute Gasteiger partial charge is 0.485 e. The second kappa shape index (κ2) is 11.3. The molecule has 9 nitrogen and oxygen atoms in total. The Morgan fingerprint density at radius 3 is 2.11 bits per heavy atom. The molecule has 3 rings (SSSR count). The summed E-state index contributed by atoms with van der Waals surface area (Å²) in [7, 11) is 0. The predicted octanol–water partition coefficient (Wildman–Crippen LogP) is 2.77. The topological polar surface area (TPSA) is 104 Å². The van der Waals surface area contributed by atoms with Crippen LogP contribution in [0.15, 0.2) is 39.9 Å². The highest BCUT2D eigenvalue weighted by atomic mass is 16.5. The smallest absolute Gasteiger partial charge is 0.333 e. The summed E-state index contributed by atoms with van der Waals surface area (Å²) in [5, 5.41) is 20.1. The summed E-state index contributed by atoms with van der Waals surface area (Å²) in [6.07, 6.45) is -0.116. The van der Waals surface area contributed by atoms with Crippen molar-refractivity contribution in [3.63, 3.8) is 0 Å². The van der Waals surface area contributed by atoms with Gasteiger partial charge in [0.05, 0.1) is 11.6 Å². The molecule has 1 aliphatic rings. The lowest BCUT2D eigenvalue weighted by molar-refractivity contribution is -0.0588. The number of benzene rings is 1. The van der Waals surface area contributed by atoms with Crippen LogP contribution >= 0.6 is 0 Å². The van der Waals surface area contributed by atoms with Crippen molar-refractivity contribution in [1.29, 1.82) is 5.26 Å². The molecule has 9 heteroatoms. The summed E-state index contributed by atoms with van der Waals surface area (Å²) in [6, 6.07) is 10.3. The van der Waals surface area contributed by atoms with Crippen LogP contribution in [0.1, 0.15) is 65.6 Å². The monoisotopic (exact) mass is 497 g/mol. The molecule has 1 saturated heterocycles. The number of aliphatic hydroxyl groups is 1. The summed E-state index contributed by atoms with van der Waals surface area (Å²) in [5.74, 6) is 1.27.